The lowest BCUT2D eigenvalue weighted by Crippen LogP contribution is -2.24. The summed E-state index contributed by atoms with van der Waals surface area (Å²) in [5.41, 5.74) is 4.00. The first-order valence-electron chi connectivity index (χ1n) is 10.6. The number of halogens is 1. The van der Waals surface area contributed by atoms with Gasteiger partial charge in [-0.05, 0) is 48.9 Å². The molecule has 0 aliphatic carbocycles. The zero-order valence-electron chi connectivity index (χ0n) is 17.5. The molecule has 1 amide bonds. The first kappa shape index (κ1) is 20.4. The average Bonchev–Trinajstić information content (AvgIpc) is 3.01. The van der Waals surface area contributed by atoms with Gasteiger partial charge in [-0.25, -0.2) is 4.98 Å². The Morgan fingerprint density at radius 3 is 2.78 bits per heavy atom. The molecule has 32 heavy (non-hydrogen) atoms. The van der Waals surface area contributed by atoms with Crippen molar-refractivity contribution >= 4 is 39.9 Å². The summed E-state index contributed by atoms with van der Waals surface area (Å²) < 4.78 is 7.85. The molecule has 0 spiro atoms. The Hall–Kier alpha value is -3.51. The number of fused-ring (bicyclic) bond motifs is 3. The van der Waals surface area contributed by atoms with E-state index in [2.05, 4.69) is 39.0 Å². The molecule has 5 rings (SSSR count). The molecule has 2 heterocycles. The number of nitrogens with one attached hydrogen (secondary N) is 1. The van der Waals surface area contributed by atoms with Gasteiger partial charge in [-0.3, -0.25) is 4.79 Å². The fourth-order valence-corrected chi connectivity index (χ4v) is 4.26. The van der Waals surface area contributed by atoms with Crippen LogP contribution in [0.5, 0.6) is 5.75 Å². The number of aryl methyl sites for hydroxylation is 1. The van der Waals surface area contributed by atoms with Crippen LogP contribution in [-0.2, 0) is 17.9 Å². The number of rotatable bonds is 5. The maximum absolute atomic E-state index is 12.4. The second-order valence-corrected chi connectivity index (χ2v) is 8.17. The summed E-state index contributed by atoms with van der Waals surface area (Å²) in [6, 6.07) is 23.3. The molecule has 0 bridgehead atoms. The van der Waals surface area contributed by atoms with Crippen LogP contribution in [-0.4, -0.2) is 28.6 Å². The quantitative estimate of drug-likeness (QED) is 0.462. The van der Waals surface area contributed by atoms with Crippen molar-refractivity contribution < 1.29 is 9.53 Å². The molecule has 6 nitrogen and oxygen atoms in total. The highest BCUT2D eigenvalue weighted by Gasteiger charge is 2.19. The van der Waals surface area contributed by atoms with Crippen molar-refractivity contribution in [3.8, 4) is 5.75 Å². The minimum absolute atomic E-state index is 0.109. The lowest BCUT2D eigenvalue weighted by atomic mass is 10.2. The molecule has 1 aliphatic rings. The van der Waals surface area contributed by atoms with Crippen molar-refractivity contribution in [1.82, 2.24) is 9.55 Å². The van der Waals surface area contributed by atoms with E-state index in [4.69, 9.17) is 21.3 Å². The highest BCUT2D eigenvalue weighted by Crippen LogP contribution is 2.26. The van der Waals surface area contributed by atoms with E-state index in [1.165, 1.54) is 5.52 Å². The van der Waals surface area contributed by atoms with Crippen LogP contribution in [0.2, 0.25) is 5.02 Å². The number of carbonyl (C=O) groups excluding carboxylic acids is 1. The predicted octanol–water partition coefficient (Wildman–Crippen LogP) is 5.12. The minimum Gasteiger partial charge on any atom is -0.482 e. The van der Waals surface area contributed by atoms with E-state index in [0.29, 0.717) is 10.8 Å². The van der Waals surface area contributed by atoms with Crippen molar-refractivity contribution in [2.24, 2.45) is 0 Å². The van der Waals surface area contributed by atoms with Crippen molar-refractivity contribution in [3.05, 3.63) is 83.6 Å². The predicted molar refractivity (Wildman–Crippen MR) is 127 cm³/mol. The number of ether oxygens (including phenoxy) is 1. The fourth-order valence-electron chi connectivity index (χ4n) is 4.07. The van der Waals surface area contributed by atoms with Crippen molar-refractivity contribution in [3.63, 3.8) is 0 Å². The number of carbonyl (C=O) groups is 1. The molecular weight excluding hydrogens is 424 g/mol. The van der Waals surface area contributed by atoms with Gasteiger partial charge in [0.05, 0.1) is 22.6 Å². The Bertz CT molecular complexity index is 1270. The summed E-state index contributed by atoms with van der Waals surface area (Å²) in [6.45, 7) is 2.48. The van der Waals surface area contributed by atoms with Gasteiger partial charge in [0, 0.05) is 24.5 Å². The molecule has 0 saturated carbocycles. The second-order valence-electron chi connectivity index (χ2n) is 7.76. The molecule has 162 valence electrons. The standard InChI is InChI=1S/C25H23ClN4O2/c26-20-9-1-4-12-23(20)32-17-25(31)27-18-7-5-8-19(15-18)29-13-6-14-30-22-11-3-2-10-21(22)28-24(30)16-29/h1-5,7-12,15H,6,13-14,16-17H2,(H,27,31). The van der Waals surface area contributed by atoms with E-state index in [1.807, 2.05) is 36.4 Å². The zero-order chi connectivity index (χ0) is 21.9. The molecule has 0 atom stereocenters. The summed E-state index contributed by atoms with van der Waals surface area (Å²) in [4.78, 5) is 19.5. The lowest BCUT2D eigenvalue weighted by Gasteiger charge is -2.22. The Morgan fingerprint density at radius 2 is 1.88 bits per heavy atom. The van der Waals surface area contributed by atoms with Gasteiger partial charge >= 0.3 is 0 Å². The van der Waals surface area contributed by atoms with Crippen LogP contribution in [0.1, 0.15) is 12.2 Å². The third-order valence-electron chi connectivity index (χ3n) is 5.57. The van der Waals surface area contributed by atoms with E-state index < -0.39 is 0 Å². The van der Waals surface area contributed by atoms with Gasteiger partial charge in [0.25, 0.3) is 5.91 Å². The maximum Gasteiger partial charge on any atom is 0.262 e. The number of benzene rings is 3. The zero-order valence-corrected chi connectivity index (χ0v) is 18.3. The van der Waals surface area contributed by atoms with Crippen LogP contribution >= 0.6 is 11.6 Å². The number of imidazole rings is 1. The highest BCUT2D eigenvalue weighted by atomic mass is 35.5. The second kappa shape index (κ2) is 8.93. The van der Waals surface area contributed by atoms with E-state index in [0.717, 1.165) is 48.8 Å². The SMILES string of the molecule is O=C(COc1ccccc1Cl)Nc1cccc(N2CCCn3c(nc4ccccc43)C2)c1. The minimum atomic E-state index is -0.236. The lowest BCUT2D eigenvalue weighted by molar-refractivity contribution is -0.118. The number of aromatic nitrogens is 2. The molecule has 0 fully saturated rings. The molecule has 3 aromatic carbocycles. The van der Waals surface area contributed by atoms with Crippen molar-refractivity contribution in [2.45, 2.75) is 19.5 Å². The first-order valence-corrected chi connectivity index (χ1v) is 11.0. The summed E-state index contributed by atoms with van der Waals surface area (Å²) in [5, 5.41) is 3.39. The molecule has 0 radical (unpaired) electrons. The number of hydrogen-bond donors (Lipinski definition) is 1. The Labute approximate surface area is 191 Å². The topological polar surface area (TPSA) is 59.4 Å². The maximum atomic E-state index is 12.4. The normalized spacial score (nSPS) is 13.5. The highest BCUT2D eigenvalue weighted by molar-refractivity contribution is 6.32. The Kier molecular flexibility index (Phi) is 5.69. The third kappa shape index (κ3) is 4.27. The molecule has 0 saturated heterocycles. The van der Waals surface area contributed by atoms with Crippen LogP contribution in [0, 0.1) is 0 Å². The molecule has 1 aromatic heterocycles. The summed E-state index contributed by atoms with van der Waals surface area (Å²) in [7, 11) is 0. The first-order chi connectivity index (χ1) is 15.7. The van der Waals surface area contributed by atoms with Crippen LogP contribution in [0.25, 0.3) is 11.0 Å². The molecule has 1 N–H and O–H groups in total. The smallest absolute Gasteiger partial charge is 0.262 e. The fraction of sp³-hybridized carbons (Fsp3) is 0.200. The van der Waals surface area contributed by atoms with Crippen LogP contribution in [0.4, 0.5) is 11.4 Å². The molecule has 1 aliphatic heterocycles. The van der Waals surface area contributed by atoms with E-state index in [-0.39, 0.29) is 12.5 Å². The monoisotopic (exact) mass is 446 g/mol. The number of anilines is 2. The molecule has 7 heteroatoms. The largest absolute Gasteiger partial charge is 0.482 e. The van der Waals surface area contributed by atoms with Gasteiger partial charge in [-0.2, -0.15) is 0 Å². The van der Waals surface area contributed by atoms with Crippen LogP contribution in [0.15, 0.2) is 72.8 Å². The van der Waals surface area contributed by atoms with Gasteiger partial charge in [0.1, 0.15) is 11.6 Å². The van der Waals surface area contributed by atoms with Gasteiger partial charge in [0.2, 0.25) is 0 Å². The van der Waals surface area contributed by atoms with E-state index in [1.54, 1.807) is 12.1 Å². The molecular formula is C25H23ClN4O2. The van der Waals surface area contributed by atoms with Gasteiger partial charge in [-0.15, -0.1) is 0 Å². The summed E-state index contributed by atoms with van der Waals surface area (Å²) >= 11 is 6.08. The van der Waals surface area contributed by atoms with Crippen LogP contribution in [0.3, 0.4) is 0 Å². The summed E-state index contributed by atoms with van der Waals surface area (Å²) in [6.07, 6.45) is 1.02. The van der Waals surface area contributed by atoms with Crippen LogP contribution < -0.4 is 15.0 Å². The average molecular weight is 447 g/mol. The third-order valence-corrected chi connectivity index (χ3v) is 5.88. The van der Waals surface area contributed by atoms with Gasteiger partial charge in [-0.1, -0.05) is 41.9 Å². The van der Waals surface area contributed by atoms with Gasteiger partial charge in [0.15, 0.2) is 6.61 Å². The number of amides is 1. The summed E-state index contributed by atoms with van der Waals surface area (Å²) in [5.74, 6) is 1.32. The Morgan fingerprint density at radius 1 is 1.03 bits per heavy atom. The molecule has 0 unspecified atom stereocenters. The van der Waals surface area contributed by atoms with Crippen molar-refractivity contribution in [1.29, 1.82) is 0 Å². The number of nitrogens with zero attached hydrogens (tertiary/aromatic N) is 3. The Balaban J connectivity index is 1.28. The van der Waals surface area contributed by atoms with Crippen molar-refractivity contribution in [2.75, 3.05) is 23.4 Å². The van der Waals surface area contributed by atoms with E-state index >= 15 is 0 Å². The van der Waals surface area contributed by atoms with Gasteiger partial charge < -0.3 is 19.5 Å². The van der Waals surface area contributed by atoms with E-state index in [9.17, 15) is 4.79 Å². The number of hydrogen-bond acceptors (Lipinski definition) is 4. The molecule has 4 aromatic rings. The number of para-hydroxylation sites is 3.